The van der Waals surface area contributed by atoms with Crippen LogP contribution >= 0.6 is 11.3 Å². The molecule has 0 saturated carbocycles. The summed E-state index contributed by atoms with van der Waals surface area (Å²) in [5, 5.41) is 5.13. The Morgan fingerprint density at radius 3 is 2.51 bits per heavy atom. The molecule has 5 rings (SSSR count). The topological polar surface area (TPSA) is 56.8 Å². The lowest BCUT2D eigenvalue weighted by atomic mass is 9.89. The van der Waals surface area contributed by atoms with E-state index in [1.165, 1.54) is 6.07 Å². The highest BCUT2D eigenvalue weighted by molar-refractivity contribution is 7.11. The van der Waals surface area contributed by atoms with Crippen LogP contribution in [0.5, 0.6) is 17.2 Å². The van der Waals surface area contributed by atoms with Gasteiger partial charge in [-0.1, -0.05) is 36.4 Å². The van der Waals surface area contributed by atoms with Crippen molar-refractivity contribution in [2.75, 3.05) is 19.5 Å². The third kappa shape index (κ3) is 4.59. The van der Waals surface area contributed by atoms with Crippen molar-refractivity contribution in [2.45, 2.75) is 18.9 Å². The molecule has 0 fully saturated rings. The zero-order valence-corrected chi connectivity index (χ0v) is 20.2. The number of benzene rings is 3. The number of nitrogens with one attached hydrogen (secondary N) is 1. The fraction of sp³-hybridized carbons (Fsp3) is 0.179. The largest absolute Gasteiger partial charge is 0.493 e. The predicted octanol–water partition coefficient (Wildman–Crippen LogP) is 6.62. The van der Waals surface area contributed by atoms with Crippen molar-refractivity contribution in [3.8, 4) is 28.4 Å². The van der Waals surface area contributed by atoms with E-state index >= 15 is 0 Å². The van der Waals surface area contributed by atoms with Gasteiger partial charge in [0.25, 0.3) is 0 Å². The number of hydrogen-bond donors (Lipinski definition) is 1. The third-order valence-corrected chi connectivity index (χ3v) is 7.22. The van der Waals surface area contributed by atoms with Crippen LogP contribution in [0.4, 0.5) is 10.1 Å². The Morgan fingerprint density at radius 2 is 1.77 bits per heavy atom. The molecule has 0 saturated heterocycles. The van der Waals surface area contributed by atoms with Gasteiger partial charge >= 0.3 is 0 Å². The van der Waals surface area contributed by atoms with Gasteiger partial charge in [-0.25, -0.2) is 4.39 Å². The van der Waals surface area contributed by atoms with E-state index in [0.717, 1.165) is 27.3 Å². The van der Waals surface area contributed by atoms with E-state index in [4.69, 9.17) is 14.2 Å². The van der Waals surface area contributed by atoms with E-state index in [9.17, 15) is 9.18 Å². The molecule has 1 amide bonds. The van der Waals surface area contributed by atoms with Gasteiger partial charge in [-0.3, -0.25) is 4.79 Å². The first-order valence-corrected chi connectivity index (χ1v) is 12.0. The van der Waals surface area contributed by atoms with Gasteiger partial charge in [0.15, 0.2) is 11.5 Å². The van der Waals surface area contributed by atoms with Crippen LogP contribution < -0.4 is 19.5 Å². The van der Waals surface area contributed by atoms with Gasteiger partial charge in [-0.2, -0.15) is 0 Å². The van der Waals surface area contributed by atoms with Crippen molar-refractivity contribution < 1.29 is 23.4 Å². The second kappa shape index (κ2) is 9.80. The van der Waals surface area contributed by atoms with E-state index in [1.54, 1.807) is 43.8 Å². The normalized spacial score (nSPS) is 14.7. The van der Waals surface area contributed by atoms with Crippen molar-refractivity contribution in [3.05, 3.63) is 93.9 Å². The Morgan fingerprint density at radius 1 is 1.00 bits per heavy atom. The molecule has 5 nitrogen and oxygen atoms in total. The molecule has 0 spiro atoms. The van der Waals surface area contributed by atoms with E-state index in [1.807, 2.05) is 42.5 Å². The molecule has 1 aliphatic rings. The number of ether oxygens (including phenoxy) is 3. The molecule has 3 aromatic carbocycles. The van der Waals surface area contributed by atoms with Crippen molar-refractivity contribution in [1.82, 2.24) is 0 Å². The number of amides is 1. The molecule has 0 unspecified atom stereocenters. The van der Waals surface area contributed by atoms with Crippen LogP contribution in [0.2, 0.25) is 0 Å². The minimum absolute atomic E-state index is 0.0255. The maximum absolute atomic E-state index is 13.9. The number of hydrogen-bond acceptors (Lipinski definition) is 5. The van der Waals surface area contributed by atoms with E-state index in [2.05, 4.69) is 10.7 Å². The maximum atomic E-state index is 13.9. The number of halogens is 1. The maximum Gasteiger partial charge on any atom is 0.225 e. The highest BCUT2D eigenvalue weighted by atomic mass is 32.1. The quantitative estimate of drug-likeness (QED) is 0.317. The Bertz CT molecular complexity index is 1370. The molecule has 0 aliphatic carbocycles. The van der Waals surface area contributed by atoms with Crippen molar-refractivity contribution in [2.24, 2.45) is 0 Å². The summed E-state index contributed by atoms with van der Waals surface area (Å²) >= 11 is 1.63. The molecule has 4 aromatic rings. The van der Waals surface area contributed by atoms with Crippen LogP contribution in [0.3, 0.4) is 0 Å². The summed E-state index contributed by atoms with van der Waals surface area (Å²) in [6.45, 7) is 0.154. The zero-order chi connectivity index (χ0) is 24.4. The number of fused-ring (bicyclic) bond motifs is 1. The van der Waals surface area contributed by atoms with Gasteiger partial charge in [-0.15, -0.1) is 11.3 Å². The summed E-state index contributed by atoms with van der Waals surface area (Å²) in [4.78, 5) is 13.8. The Hall–Kier alpha value is -3.84. The summed E-state index contributed by atoms with van der Waals surface area (Å²) in [7, 11) is 3.21. The van der Waals surface area contributed by atoms with Crippen molar-refractivity contribution in [1.29, 1.82) is 0 Å². The molecule has 1 aliphatic heterocycles. The summed E-state index contributed by atoms with van der Waals surface area (Å²) in [5.41, 5.74) is 4.27. The van der Waals surface area contributed by atoms with Gasteiger partial charge in [0, 0.05) is 33.7 Å². The Labute approximate surface area is 207 Å². The standard InChI is InChI=1S/C28H24FNO4S/c1-32-24-12-9-18(13-25(24)33-2)22-16-35-28-21(14-26(31)30-27(22)28)17-7-10-20(11-8-17)34-15-19-5-3-4-6-23(19)29/h3-13,16,21H,14-15H2,1-2H3,(H,30,31)/t21-/m0/s1. The minimum atomic E-state index is -0.284. The lowest BCUT2D eigenvalue weighted by molar-refractivity contribution is -0.116. The van der Waals surface area contributed by atoms with Crippen LogP contribution in [0.25, 0.3) is 11.1 Å². The summed E-state index contributed by atoms with van der Waals surface area (Å²) in [5.74, 6) is 1.57. The highest BCUT2D eigenvalue weighted by Crippen LogP contribution is 2.47. The molecule has 1 aromatic heterocycles. The predicted molar refractivity (Wildman–Crippen MR) is 135 cm³/mol. The summed E-state index contributed by atoms with van der Waals surface area (Å²) < 4.78 is 30.4. The SMILES string of the molecule is COc1ccc(-c2csc3c2NC(=O)C[C@H]3c2ccc(OCc3ccccc3F)cc2)cc1OC. The lowest BCUT2D eigenvalue weighted by Crippen LogP contribution is -2.22. The Kier molecular flexibility index (Phi) is 6.42. The summed E-state index contributed by atoms with van der Waals surface area (Å²) in [6.07, 6.45) is 0.369. The molecule has 1 N–H and O–H groups in total. The van der Waals surface area contributed by atoms with Gasteiger partial charge in [0.2, 0.25) is 5.91 Å². The molecular weight excluding hydrogens is 465 g/mol. The first kappa shape index (κ1) is 22.9. The van der Waals surface area contributed by atoms with Crippen molar-refractivity contribution >= 4 is 22.9 Å². The number of carbonyl (C=O) groups is 1. The zero-order valence-electron chi connectivity index (χ0n) is 19.3. The fourth-order valence-electron chi connectivity index (χ4n) is 4.29. The van der Waals surface area contributed by atoms with Crippen LogP contribution in [0.15, 0.2) is 72.1 Å². The number of carbonyl (C=O) groups excluding carboxylic acids is 1. The Balaban J connectivity index is 1.40. The first-order valence-electron chi connectivity index (χ1n) is 11.2. The number of methoxy groups -OCH3 is 2. The third-order valence-electron chi connectivity index (χ3n) is 6.12. The average Bonchev–Trinajstić information content (AvgIpc) is 3.31. The van der Waals surface area contributed by atoms with E-state index in [-0.39, 0.29) is 24.2 Å². The lowest BCUT2D eigenvalue weighted by Gasteiger charge is -2.24. The molecule has 0 bridgehead atoms. The number of anilines is 1. The van der Waals surface area contributed by atoms with Crippen LogP contribution in [0.1, 0.15) is 28.3 Å². The average molecular weight is 490 g/mol. The number of rotatable bonds is 7. The second-order valence-electron chi connectivity index (χ2n) is 8.21. The highest BCUT2D eigenvalue weighted by Gasteiger charge is 2.30. The molecule has 0 radical (unpaired) electrons. The van der Waals surface area contributed by atoms with Gasteiger partial charge < -0.3 is 19.5 Å². The van der Waals surface area contributed by atoms with Crippen LogP contribution in [-0.2, 0) is 11.4 Å². The molecular formula is C28H24FNO4S. The smallest absolute Gasteiger partial charge is 0.225 e. The molecule has 7 heteroatoms. The van der Waals surface area contributed by atoms with Gasteiger partial charge in [0.05, 0.1) is 19.9 Å². The van der Waals surface area contributed by atoms with Crippen LogP contribution in [0, 0.1) is 5.82 Å². The summed E-state index contributed by atoms with van der Waals surface area (Å²) in [6, 6.07) is 20.0. The number of thiophene rings is 1. The fourth-order valence-corrected chi connectivity index (χ4v) is 5.45. The second-order valence-corrected chi connectivity index (χ2v) is 9.12. The van der Waals surface area contributed by atoms with Crippen LogP contribution in [-0.4, -0.2) is 20.1 Å². The molecule has 178 valence electrons. The molecule has 2 heterocycles. The molecule has 1 atom stereocenters. The van der Waals surface area contributed by atoms with Gasteiger partial charge in [-0.05, 0) is 41.5 Å². The first-order chi connectivity index (χ1) is 17.1. The van der Waals surface area contributed by atoms with E-state index < -0.39 is 0 Å². The van der Waals surface area contributed by atoms with E-state index in [0.29, 0.717) is 29.2 Å². The minimum Gasteiger partial charge on any atom is -0.493 e. The molecule has 35 heavy (non-hydrogen) atoms. The van der Waals surface area contributed by atoms with Gasteiger partial charge in [0.1, 0.15) is 18.2 Å². The van der Waals surface area contributed by atoms with Crippen molar-refractivity contribution in [3.63, 3.8) is 0 Å². The monoisotopic (exact) mass is 489 g/mol.